The summed E-state index contributed by atoms with van der Waals surface area (Å²) in [4.78, 5) is 27.3. The van der Waals surface area contributed by atoms with E-state index in [1.54, 1.807) is 28.7 Å². The van der Waals surface area contributed by atoms with Gasteiger partial charge in [0.1, 0.15) is 5.03 Å². The molecule has 0 radical (unpaired) electrons. The van der Waals surface area contributed by atoms with E-state index in [-0.39, 0.29) is 16.7 Å². The van der Waals surface area contributed by atoms with Crippen molar-refractivity contribution in [2.45, 2.75) is 18.4 Å². The first-order valence-corrected chi connectivity index (χ1v) is 9.55. The first-order valence-electron chi connectivity index (χ1n) is 7.46. The number of thioether (sulfide) groups is 1. The zero-order valence-electron chi connectivity index (χ0n) is 13.1. The van der Waals surface area contributed by atoms with Crippen molar-refractivity contribution in [1.82, 2.24) is 4.98 Å². The number of nitrogens with zero attached hydrogens (tertiary/aromatic N) is 2. The van der Waals surface area contributed by atoms with E-state index in [4.69, 9.17) is 0 Å². The normalized spacial score (nSPS) is 14.3. The predicted molar refractivity (Wildman–Crippen MR) is 95.6 cm³/mol. The minimum absolute atomic E-state index is 0.0673. The second-order valence-electron chi connectivity index (χ2n) is 5.32. The molecule has 1 unspecified atom stereocenters. The molecule has 0 saturated heterocycles. The van der Waals surface area contributed by atoms with Gasteiger partial charge in [0, 0.05) is 25.2 Å². The van der Waals surface area contributed by atoms with Gasteiger partial charge in [-0.1, -0.05) is 17.8 Å². The maximum atomic E-state index is 12.7. The molecule has 0 aliphatic carbocycles. The smallest absolute Gasteiger partial charge is 0.186 e. The molecule has 0 N–H and O–H groups in total. The average molecular weight is 360 g/mol. The Labute approximate surface area is 147 Å². The second-order valence-corrected chi connectivity index (χ2v) is 7.83. The fourth-order valence-electron chi connectivity index (χ4n) is 2.53. The molecule has 7 heteroatoms. The van der Waals surface area contributed by atoms with Gasteiger partial charge in [0.15, 0.2) is 21.9 Å². The summed E-state index contributed by atoms with van der Waals surface area (Å²) >= 11 is 1.01. The summed E-state index contributed by atoms with van der Waals surface area (Å²) in [5.41, 5.74) is 2.46. The topological polar surface area (TPSA) is 67.3 Å². The van der Waals surface area contributed by atoms with Gasteiger partial charge < -0.3 is 0 Å². The molecule has 24 heavy (non-hydrogen) atoms. The minimum Gasteiger partial charge on any atom is -0.293 e. The van der Waals surface area contributed by atoms with Crippen LogP contribution in [0.5, 0.6) is 0 Å². The van der Waals surface area contributed by atoms with Crippen LogP contribution in [0.3, 0.4) is 0 Å². The first-order chi connectivity index (χ1) is 11.6. The molecular weight excluding hydrogens is 344 g/mol. The first kappa shape index (κ1) is 16.9. The van der Waals surface area contributed by atoms with Gasteiger partial charge in [0.25, 0.3) is 0 Å². The number of carbonyl (C=O) groups excluding carboxylic acids is 2. The van der Waals surface area contributed by atoms with E-state index in [9.17, 15) is 13.8 Å². The molecule has 1 atom stereocenters. The standard InChI is InChI=1S/C17H16N2O3S2/c1-12(20)23-11-16(21)14-5-6-15-13(10-14)7-9-19(15)24(22)17-4-2-3-8-18-17/h2-6,8,10H,7,9,11H2,1H3. The number of Topliss-reactive ketones (excluding diaryl/α,β-unsaturated/α-hetero) is 1. The van der Waals surface area contributed by atoms with Crippen molar-refractivity contribution in [1.29, 1.82) is 0 Å². The lowest BCUT2D eigenvalue weighted by Crippen LogP contribution is -2.24. The van der Waals surface area contributed by atoms with E-state index in [0.29, 0.717) is 17.1 Å². The van der Waals surface area contributed by atoms with Crippen molar-refractivity contribution in [2.75, 3.05) is 16.6 Å². The number of pyridine rings is 1. The summed E-state index contributed by atoms with van der Waals surface area (Å²) in [6, 6.07) is 10.7. The van der Waals surface area contributed by atoms with Crippen molar-refractivity contribution in [3.8, 4) is 0 Å². The molecule has 3 rings (SSSR count). The monoisotopic (exact) mass is 360 g/mol. The van der Waals surface area contributed by atoms with Crippen LogP contribution in [0.2, 0.25) is 0 Å². The summed E-state index contributed by atoms with van der Waals surface area (Å²) in [6.45, 7) is 2.07. The van der Waals surface area contributed by atoms with Gasteiger partial charge in [-0.25, -0.2) is 9.19 Å². The molecule has 1 aliphatic rings. The van der Waals surface area contributed by atoms with E-state index in [2.05, 4.69) is 4.98 Å². The third-order valence-corrected chi connectivity index (χ3v) is 5.87. The Morgan fingerprint density at radius 1 is 1.29 bits per heavy atom. The highest BCUT2D eigenvalue weighted by Crippen LogP contribution is 2.31. The average Bonchev–Trinajstić information content (AvgIpc) is 3.02. The lowest BCUT2D eigenvalue weighted by Gasteiger charge is -2.17. The molecule has 0 bridgehead atoms. The molecule has 124 valence electrons. The molecule has 2 aromatic rings. The van der Waals surface area contributed by atoms with E-state index in [0.717, 1.165) is 29.4 Å². The number of carbonyl (C=O) groups is 2. The van der Waals surface area contributed by atoms with E-state index in [1.807, 2.05) is 18.2 Å². The van der Waals surface area contributed by atoms with E-state index >= 15 is 0 Å². The Hall–Kier alpha value is -1.99. The molecule has 5 nitrogen and oxygen atoms in total. The van der Waals surface area contributed by atoms with Crippen molar-refractivity contribution in [2.24, 2.45) is 0 Å². The Balaban J connectivity index is 1.79. The van der Waals surface area contributed by atoms with Gasteiger partial charge in [0.05, 0.1) is 11.4 Å². The molecule has 1 aliphatic heterocycles. The lowest BCUT2D eigenvalue weighted by molar-refractivity contribution is -0.109. The van der Waals surface area contributed by atoms with Crippen LogP contribution >= 0.6 is 11.8 Å². The number of aromatic nitrogens is 1. The Morgan fingerprint density at radius 2 is 2.12 bits per heavy atom. The second kappa shape index (κ2) is 7.27. The highest BCUT2D eigenvalue weighted by molar-refractivity contribution is 8.14. The SMILES string of the molecule is CC(=O)SCC(=O)c1ccc2c(c1)CCN2S(=O)c1ccccn1. The van der Waals surface area contributed by atoms with Gasteiger partial charge in [0.2, 0.25) is 0 Å². The van der Waals surface area contributed by atoms with Crippen LogP contribution in [0.1, 0.15) is 22.8 Å². The Kier molecular flexibility index (Phi) is 5.11. The molecule has 2 heterocycles. The van der Waals surface area contributed by atoms with Gasteiger partial charge in [-0.05, 0) is 42.3 Å². The summed E-state index contributed by atoms with van der Waals surface area (Å²) in [6.07, 6.45) is 2.35. The van der Waals surface area contributed by atoms with Gasteiger partial charge >= 0.3 is 0 Å². The number of fused-ring (bicyclic) bond motifs is 1. The predicted octanol–water partition coefficient (Wildman–Crippen LogP) is 2.63. The fraction of sp³-hybridized carbons (Fsp3) is 0.235. The van der Waals surface area contributed by atoms with Gasteiger partial charge in [-0.15, -0.1) is 0 Å². The van der Waals surface area contributed by atoms with Crippen LogP contribution in [0, 0.1) is 0 Å². The number of hydrogen-bond donors (Lipinski definition) is 0. The summed E-state index contributed by atoms with van der Waals surface area (Å²) in [7, 11) is -1.36. The third kappa shape index (κ3) is 3.57. The van der Waals surface area contributed by atoms with Crippen LogP contribution < -0.4 is 4.31 Å². The Bertz CT molecular complexity index is 809. The highest BCUT2D eigenvalue weighted by Gasteiger charge is 2.26. The number of hydrogen-bond acceptors (Lipinski definition) is 5. The van der Waals surface area contributed by atoms with Crippen LogP contribution in [0.4, 0.5) is 5.69 Å². The zero-order valence-corrected chi connectivity index (χ0v) is 14.7. The maximum Gasteiger partial charge on any atom is 0.186 e. The number of rotatable bonds is 5. The highest BCUT2D eigenvalue weighted by atomic mass is 32.2. The number of anilines is 1. The number of ketones is 1. The van der Waals surface area contributed by atoms with Gasteiger partial charge in [-0.3, -0.25) is 13.9 Å². The summed E-state index contributed by atoms with van der Waals surface area (Å²) in [5.74, 6) is 0.0832. The van der Waals surface area contributed by atoms with Crippen molar-refractivity contribution in [3.63, 3.8) is 0 Å². The molecule has 0 spiro atoms. The van der Waals surface area contributed by atoms with Crippen LogP contribution in [-0.4, -0.2) is 32.4 Å². The van der Waals surface area contributed by atoms with Crippen molar-refractivity contribution < 1.29 is 13.8 Å². The lowest BCUT2D eigenvalue weighted by atomic mass is 10.1. The molecule has 1 aromatic heterocycles. The zero-order chi connectivity index (χ0) is 17.1. The van der Waals surface area contributed by atoms with E-state index in [1.165, 1.54) is 6.92 Å². The summed E-state index contributed by atoms with van der Waals surface area (Å²) in [5, 5.41) is 0.449. The van der Waals surface area contributed by atoms with E-state index < -0.39 is 11.0 Å². The largest absolute Gasteiger partial charge is 0.293 e. The molecule has 0 amide bonds. The van der Waals surface area contributed by atoms with Crippen LogP contribution in [-0.2, 0) is 22.2 Å². The number of benzene rings is 1. The van der Waals surface area contributed by atoms with Crippen LogP contribution in [0.15, 0.2) is 47.6 Å². The molecular formula is C17H16N2O3S2. The third-order valence-electron chi connectivity index (χ3n) is 3.68. The van der Waals surface area contributed by atoms with Crippen LogP contribution in [0.25, 0.3) is 0 Å². The minimum atomic E-state index is -1.36. The molecule has 0 saturated carbocycles. The van der Waals surface area contributed by atoms with Gasteiger partial charge in [-0.2, -0.15) is 0 Å². The molecule has 1 aromatic carbocycles. The molecule has 0 fully saturated rings. The maximum absolute atomic E-state index is 12.7. The van der Waals surface area contributed by atoms with Crippen molar-refractivity contribution >= 4 is 39.3 Å². The summed E-state index contributed by atoms with van der Waals surface area (Å²) < 4.78 is 14.5. The quantitative estimate of drug-likeness (QED) is 0.767. The fourth-order valence-corrected chi connectivity index (χ4v) is 4.22. The van der Waals surface area contributed by atoms with Crippen molar-refractivity contribution in [3.05, 3.63) is 53.7 Å². The Morgan fingerprint density at radius 3 is 2.83 bits per heavy atom.